The summed E-state index contributed by atoms with van der Waals surface area (Å²) in [5, 5.41) is 22.9. The molecule has 0 bridgehead atoms. The lowest BCUT2D eigenvalue weighted by Crippen LogP contribution is -2.44. The van der Waals surface area contributed by atoms with E-state index in [4.69, 9.17) is 4.74 Å². The number of hydrogen-bond donors (Lipinski definition) is 3. The highest BCUT2D eigenvalue weighted by Crippen LogP contribution is 2.35. The van der Waals surface area contributed by atoms with E-state index in [0.29, 0.717) is 6.61 Å². The Morgan fingerprint density at radius 3 is 2.89 bits per heavy atom. The molecule has 98 valence electrons. The zero-order valence-corrected chi connectivity index (χ0v) is 10.3. The number of nitrogens with one attached hydrogen (secondary N) is 1. The van der Waals surface area contributed by atoms with Gasteiger partial charge in [-0.05, 0) is 25.0 Å². The number of phenols is 1. The van der Waals surface area contributed by atoms with Gasteiger partial charge in [-0.3, -0.25) is 0 Å². The van der Waals surface area contributed by atoms with Crippen molar-refractivity contribution in [2.75, 3.05) is 6.61 Å². The number of aliphatic hydroxyl groups is 1. The van der Waals surface area contributed by atoms with Gasteiger partial charge in [-0.2, -0.15) is 0 Å². The summed E-state index contributed by atoms with van der Waals surface area (Å²) < 4.78 is 5.56. The van der Waals surface area contributed by atoms with Gasteiger partial charge in [-0.1, -0.05) is 12.8 Å². The molecule has 1 saturated carbocycles. The Balaban J connectivity index is 1.72. The summed E-state index contributed by atoms with van der Waals surface area (Å²) in [6.07, 6.45) is 3.94. The minimum atomic E-state index is -0.250. The molecule has 0 saturated heterocycles. The average Bonchev–Trinajstić information content (AvgIpc) is 2.74. The molecule has 3 atom stereocenters. The molecule has 1 aromatic carbocycles. The van der Waals surface area contributed by atoms with E-state index in [0.717, 1.165) is 30.6 Å². The van der Waals surface area contributed by atoms with Crippen LogP contribution in [0, 0.1) is 0 Å². The van der Waals surface area contributed by atoms with E-state index in [9.17, 15) is 10.2 Å². The van der Waals surface area contributed by atoms with Crippen molar-refractivity contribution in [2.24, 2.45) is 0 Å². The fourth-order valence-corrected chi connectivity index (χ4v) is 2.90. The normalized spacial score (nSPS) is 30.8. The molecule has 4 heteroatoms. The lowest BCUT2D eigenvalue weighted by molar-refractivity contribution is 0.0828. The van der Waals surface area contributed by atoms with Crippen LogP contribution in [0.15, 0.2) is 18.2 Å². The van der Waals surface area contributed by atoms with Gasteiger partial charge in [0.15, 0.2) is 0 Å². The standard InChI is InChI=1S/C14H19NO3/c16-9-5-6-10-12(8-18-14(10)7-9)15-11-3-1-2-4-13(11)17/h5-7,11-13,15-17H,1-4,8H2. The van der Waals surface area contributed by atoms with Crippen molar-refractivity contribution in [1.29, 1.82) is 0 Å². The zero-order valence-electron chi connectivity index (χ0n) is 10.3. The molecule has 18 heavy (non-hydrogen) atoms. The van der Waals surface area contributed by atoms with E-state index in [-0.39, 0.29) is 23.9 Å². The van der Waals surface area contributed by atoms with Crippen LogP contribution >= 0.6 is 0 Å². The molecule has 0 spiro atoms. The second-order valence-corrected chi connectivity index (χ2v) is 5.21. The number of benzene rings is 1. The molecule has 3 rings (SSSR count). The summed E-state index contributed by atoms with van der Waals surface area (Å²) in [7, 11) is 0. The smallest absolute Gasteiger partial charge is 0.127 e. The lowest BCUT2D eigenvalue weighted by Gasteiger charge is -2.30. The molecule has 3 N–H and O–H groups in total. The zero-order chi connectivity index (χ0) is 12.5. The van der Waals surface area contributed by atoms with Gasteiger partial charge in [0.2, 0.25) is 0 Å². The second kappa shape index (κ2) is 4.78. The first-order chi connectivity index (χ1) is 8.74. The van der Waals surface area contributed by atoms with E-state index >= 15 is 0 Å². The predicted octanol–water partition coefficient (Wildman–Crippen LogP) is 1.72. The molecule has 0 aromatic heterocycles. The first kappa shape index (κ1) is 11.8. The van der Waals surface area contributed by atoms with Gasteiger partial charge in [0.1, 0.15) is 18.1 Å². The molecule has 1 aliphatic carbocycles. The minimum absolute atomic E-state index is 0.123. The summed E-state index contributed by atoms with van der Waals surface area (Å²) >= 11 is 0. The van der Waals surface area contributed by atoms with Crippen molar-refractivity contribution in [1.82, 2.24) is 5.32 Å². The number of fused-ring (bicyclic) bond motifs is 1. The van der Waals surface area contributed by atoms with E-state index in [1.807, 2.05) is 6.07 Å². The van der Waals surface area contributed by atoms with E-state index in [2.05, 4.69) is 5.32 Å². The number of phenolic OH excluding ortho intramolecular Hbond substituents is 1. The Bertz CT molecular complexity index is 435. The molecule has 1 aliphatic heterocycles. The van der Waals surface area contributed by atoms with Gasteiger partial charge in [-0.25, -0.2) is 0 Å². The Labute approximate surface area is 107 Å². The summed E-state index contributed by atoms with van der Waals surface area (Å²) in [6, 6.07) is 5.50. The first-order valence-electron chi connectivity index (χ1n) is 6.64. The van der Waals surface area contributed by atoms with Gasteiger partial charge < -0.3 is 20.3 Å². The Morgan fingerprint density at radius 2 is 2.06 bits per heavy atom. The van der Waals surface area contributed by atoms with Crippen molar-refractivity contribution >= 4 is 0 Å². The molecule has 4 nitrogen and oxygen atoms in total. The van der Waals surface area contributed by atoms with Crippen molar-refractivity contribution in [3.8, 4) is 11.5 Å². The van der Waals surface area contributed by atoms with Gasteiger partial charge >= 0.3 is 0 Å². The first-order valence-corrected chi connectivity index (χ1v) is 6.64. The second-order valence-electron chi connectivity index (χ2n) is 5.21. The number of rotatable bonds is 2. The third-order valence-corrected chi connectivity index (χ3v) is 3.92. The average molecular weight is 249 g/mol. The van der Waals surface area contributed by atoms with Crippen LogP contribution in [0.25, 0.3) is 0 Å². The van der Waals surface area contributed by atoms with Crippen LogP contribution in [0.3, 0.4) is 0 Å². The van der Waals surface area contributed by atoms with Gasteiger partial charge in [0.05, 0.1) is 12.1 Å². The van der Waals surface area contributed by atoms with Crippen molar-refractivity contribution < 1.29 is 14.9 Å². The van der Waals surface area contributed by atoms with Crippen LogP contribution in [0.1, 0.15) is 37.3 Å². The van der Waals surface area contributed by atoms with Gasteiger partial charge in [-0.15, -0.1) is 0 Å². The molecule has 1 aromatic rings. The molecule has 2 aliphatic rings. The summed E-state index contributed by atoms with van der Waals surface area (Å²) in [5.74, 6) is 0.977. The lowest BCUT2D eigenvalue weighted by atomic mass is 9.91. The highest BCUT2D eigenvalue weighted by Gasteiger charge is 2.30. The summed E-state index contributed by atoms with van der Waals surface area (Å²) in [5.41, 5.74) is 1.07. The Kier molecular flexibility index (Phi) is 3.14. The summed E-state index contributed by atoms with van der Waals surface area (Å²) in [4.78, 5) is 0. The van der Waals surface area contributed by atoms with Crippen molar-refractivity contribution in [3.05, 3.63) is 23.8 Å². The third-order valence-electron chi connectivity index (χ3n) is 3.92. The SMILES string of the molecule is Oc1ccc2c(c1)OCC2NC1CCCCC1O. The predicted molar refractivity (Wildman–Crippen MR) is 67.7 cm³/mol. The van der Waals surface area contributed by atoms with Crippen LogP contribution < -0.4 is 10.1 Å². The maximum Gasteiger partial charge on any atom is 0.127 e. The highest BCUT2D eigenvalue weighted by atomic mass is 16.5. The minimum Gasteiger partial charge on any atom is -0.508 e. The van der Waals surface area contributed by atoms with E-state index in [1.54, 1.807) is 12.1 Å². The number of aromatic hydroxyl groups is 1. The van der Waals surface area contributed by atoms with Gasteiger partial charge in [0, 0.05) is 17.7 Å². The maximum atomic E-state index is 9.98. The molecule has 0 radical (unpaired) electrons. The van der Waals surface area contributed by atoms with Crippen LogP contribution in [0.5, 0.6) is 11.5 Å². The Morgan fingerprint density at radius 1 is 1.22 bits per heavy atom. The molecule has 3 unspecified atom stereocenters. The molecule has 1 heterocycles. The molecular weight excluding hydrogens is 230 g/mol. The quantitative estimate of drug-likeness (QED) is 0.747. The fraction of sp³-hybridized carbons (Fsp3) is 0.571. The molecule has 0 amide bonds. The molecular formula is C14H19NO3. The van der Waals surface area contributed by atoms with E-state index in [1.165, 1.54) is 6.42 Å². The number of hydrogen-bond acceptors (Lipinski definition) is 4. The van der Waals surface area contributed by atoms with Crippen LogP contribution in [0.2, 0.25) is 0 Å². The largest absolute Gasteiger partial charge is 0.508 e. The highest BCUT2D eigenvalue weighted by molar-refractivity contribution is 5.44. The molecule has 1 fully saturated rings. The summed E-state index contributed by atoms with van der Waals surface area (Å²) in [6.45, 7) is 0.571. The van der Waals surface area contributed by atoms with Crippen LogP contribution in [-0.4, -0.2) is 29.0 Å². The maximum absolute atomic E-state index is 9.98. The van der Waals surface area contributed by atoms with Gasteiger partial charge in [0.25, 0.3) is 0 Å². The monoisotopic (exact) mass is 249 g/mol. The number of aliphatic hydroxyl groups excluding tert-OH is 1. The van der Waals surface area contributed by atoms with Crippen molar-refractivity contribution in [3.63, 3.8) is 0 Å². The third kappa shape index (κ3) is 2.18. The van der Waals surface area contributed by atoms with Crippen LogP contribution in [0.4, 0.5) is 0 Å². The fourth-order valence-electron chi connectivity index (χ4n) is 2.90. The van der Waals surface area contributed by atoms with Crippen molar-refractivity contribution in [2.45, 2.75) is 43.9 Å². The Hall–Kier alpha value is -1.26. The van der Waals surface area contributed by atoms with E-state index < -0.39 is 0 Å². The van der Waals surface area contributed by atoms with Crippen LogP contribution in [-0.2, 0) is 0 Å². The number of ether oxygens (including phenoxy) is 1. The topological polar surface area (TPSA) is 61.7 Å².